The summed E-state index contributed by atoms with van der Waals surface area (Å²) in [4.78, 5) is 0. The molecular formula is C10H15F3N2O. The van der Waals surface area contributed by atoms with E-state index >= 15 is 0 Å². The van der Waals surface area contributed by atoms with Crippen molar-refractivity contribution in [3.8, 4) is 0 Å². The second kappa shape index (κ2) is 4.86. The van der Waals surface area contributed by atoms with E-state index in [-0.39, 0.29) is 12.5 Å². The maximum Gasteiger partial charge on any atom is 0.391 e. The Morgan fingerprint density at radius 1 is 1.44 bits per heavy atom. The molecule has 0 aliphatic heterocycles. The van der Waals surface area contributed by atoms with Crippen molar-refractivity contribution in [2.75, 3.05) is 0 Å². The van der Waals surface area contributed by atoms with E-state index in [1.54, 1.807) is 16.9 Å². The Hall–Kier alpha value is -1.04. The number of hydrogen-bond acceptors (Lipinski definition) is 2. The maximum atomic E-state index is 12.0. The predicted molar refractivity (Wildman–Crippen MR) is 53.0 cm³/mol. The molecule has 6 heteroatoms. The number of aromatic nitrogens is 2. The van der Waals surface area contributed by atoms with Gasteiger partial charge in [0.25, 0.3) is 0 Å². The first-order valence-corrected chi connectivity index (χ1v) is 5.07. The summed E-state index contributed by atoms with van der Waals surface area (Å²) in [5.41, 5.74) is 0.477. The lowest BCUT2D eigenvalue weighted by Crippen LogP contribution is -2.21. The van der Waals surface area contributed by atoms with Crippen LogP contribution in [0, 0.1) is 0 Å². The number of nitrogens with zero attached hydrogens (tertiary/aromatic N) is 2. The van der Waals surface area contributed by atoms with E-state index in [9.17, 15) is 18.3 Å². The molecule has 1 N–H and O–H groups in total. The molecule has 0 amide bonds. The number of rotatable bonds is 4. The number of halogens is 3. The molecule has 0 aromatic carbocycles. The molecule has 0 bridgehead atoms. The average molecular weight is 236 g/mol. The number of hydrogen-bond donors (Lipinski definition) is 1. The van der Waals surface area contributed by atoms with Crippen LogP contribution in [0.4, 0.5) is 13.2 Å². The predicted octanol–water partition coefficient (Wildman–Crippen LogP) is 2.32. The highest BCUT2D eigenvalue weighted by Crippen LogP contribution is 2.22. The second-order valence-corrected chi connectivity index (χ2v) is 4.06. The number of alkyl halides is 3. The fourth-order valence-electron chi connectivity index (χ4n) is 1.35. The minimum Gasteiger partial charge on any atom is -0.392 e. The molecule has 92 valence electrons. The van der Waals surface area contributed by atoms with Crippen molar-refractivity contribution in [2.24, 2.45) is 0 Å². The van der Waals surface area contributed by atoms with Crippen LogP contribution in [0.2, 0.25) is 0 Å². The molecule has 3 nitrogen and oxygen atoms in total. The first-order chi connectivity index (χ1) is 7.28. The van der Waals surface area contributed by atoms with Gasteiger partial charge in [0, 0.05) is 18.7 Å². The molecule has 1 aromatic rings. The van der Waals surface area contributed by atoms with Gasteiger partial charge in [-0.2, -0.15) is 18.3 Å². The number of aliphatic hydroxyl groups excluding tert-OH is 1. The zero-order valence-electron chi connectivity index (χ0n) is 9.20. The van der Waals surface area contributed by atoms with E-state index in [4.69, 9.17) is 0 Å². The van der Waals surface area contributed by atoms with Crippen molar-refractivity contribution in [2.45, 2.75) is 45.0 Å². The third-order valence-electron chi connectivity index (χ3n) is 2.10. The van der Waals surface area contributed by atoms with Gasteiger partial charge in [0.05, 0.1) is 18.2 Å². The SMILES string of the molecule is CC(C)n1ccc(CC(O)CC(F)(F)F)n1. The summed E-state index contributed by atoms with van der Waals surface area (Å²) in [6.45, 7) is 3.84. The molecule has 1 aromatic heterocycles. The van der Waals surface area contributed by atoms with Gasteiger partial charge in [-0.1, -0.05) is 0 Å². The quantitative estimate of drug-likeness (QED) is 0.871. The normalized spacial score (nSPS) is 14.4. The van der Waals surface area contributed by atoms with Crippen molar-refractivity contribution in [1.29, 1.82) is 0 Å². The van der Waals surface area contributed by atoms with Crippen molar-refractivity contribution < 1.29 is 18.3 Å². The van der Waals surface area contributed by atoms with Crippen LogP contribution < -0.4 is 0 Å². The van der Waals surface area contributed by atoms with Crippen molar-refractivity contribution in [3.63, 3.8) is 0 Å². The van der Waals surface area contributed by atoms with Crippen molar-refractivity contribution in [3.05, 3.63) is 18.0 Å². The Kier molecular flexibility index (Phi) is 3.96. The first-order valence-electron chi connectivity index (χ1n) is 5.07. The van der Waals surface area contributed by atoms with Crippen LogP contribution in [0.3, 0.4) is 0 Å². The first kappa shape index (κ1) is 13.0. The van der Waals surface area contributed by atoms with E-state index < -0.39 is 18.7 Å². The van der Waals surface area contributed by atoms with Crippen LogP contribution >= 0.6 is 0 Å². The number of aliphatic hydroxyl groups is 1. The van der Waals surface area contributed by atoms with Gasteiger partial charge < -0.3 is 5.11 Å². The Morgan fingerprint density at radius 2 is 2.06 bits per heavy atom. The molecule has 0 saturated carbocycles. The molecule has 0 aliphatic carbocycles. The summed E-state index contributed by atoms with van der Waals surface area (Å²) in [6, 6.07) is 1.79. The lowest BCUT2D eigenvalue weighted by Gasteiger charge is -2.11. The highest BCUT2D eigenvalue weighted by Gasteiger charge is 2.31. The lowest BCUT2D eigenvalue weighted by atomic mass is 10.1. The minimum absolute atomic E-state index is 0.0702. The van der Waals surface area contributed by atoms with Crippen LogP contribution in [-0.4, -0.2) is 27.2 Å². The van der Waals surface area contributed by atoms with E-state index in [1.165, 1.54) is 0 Å². The summed E-state index contributed by atoms with van der Waals surface area (Å²) in [5, 5.41) is 13.3. The monoisotopic (exact) mass is 236 g/mol. The van der Waals surface area contributed by atoms with Gasteiger partial charge in [-0.15, -0.1) is 0 Å². The second-order valence-electron chi connectivity index (χ2n) is 4.06. The third-order valence-corrected chi connectivity index (χ3v) is 2.10. The molecule has 0 radical (unpaired) electrons. The standard InChI is InChI=1S/C10H15F3N2O/c1-7(2)15-4-3-8(14-15)5-9(16)6-10(11,12)13/h3-4,7,9,16H,5-6H2,1-2H3. The zero-order valence-corrected chi connectivity index (χ0v) is 9.20. The fraction of sp³-hybridized carbons (Fsp3) is 0.700. The van der Waals surface area contributed by atoms with Crippen molar-refractivity contribution in [1.82, 2.24) is 9.78 Å². The molecule has 1 unspecified atom stereocenters. The van der Waals surface area contributed by atoms with Gasteiger partial charge in [0.2, 0.25) is 0 Å². The molecule has 1 rings (SSSR count). The van der Waals surface area contributed by atoms with Gasteiger partial charge in [0.1, 0.15) is 0 Å². The van der Waals surface area contributed by atoms with E-state index in [1.807, 2.05) is 13.8 Å². The molecule has 0 spiro atoms. The summed E-state index contributed by atoms with van der Waals surface area (Å²) in [5.74, 6) is 0. The molecule has 16 heavy (non-hydrogen) atoms. The lowest BCUT2D eigenvalue weighted by molar-refractivity contribution is -0.153. The molecule has 0 aliphatic rings. The van der Waals surface area contributed by atoms with Crippen molar-refractivity contribution >= 4 is 0 Å². The Bertz CT molecular complexity index is 333. The van der Waals surface area contributed by atoms with Gasteiger partial charge >= 0.3 is 6.18 Å². The van der Waals surface area contributed by atoms with Crippen LogP contribution in [0.1, 0.15) is 32.0 Å². The minimum atomic E-state index is -4.33. The Labute approximate surface area is 91.9 Å². The summed E-state index contributed by atoms with van der Waals surface area (Å²) in [7, 11) is 0. The van der Waals surface area contributed by atoms with E-state index in [2.05, 4.69) is 5.10 Å². The Balaban J connectivity index is 2.53. The maximum absolute atomic E-state index is 12.0. The third kappa shape index (κ3) is 4.22. The molecule has 1 atom stereocenters. The molecular weight excluding hydrogens is 221 g/mol. The van der Waals surface area contributed by atoms with E-state index in [0.717, 1.165) is 0 Å². The summed E-state index contributed by atoms with van der Waals surface area (Å²) in [6.07, 6.45) is -5.32. The largest absolute Gasteiger partial charge is 0.392 e. The van der Waals surface area contributed by atoms with E-state index in [0.29, 0.717) is 5.69 Å². The highest BCUT2D eigenvalue weighted by atomic mass is 19.4. The molecule has 1 heterocycles. The zero-order chi connectivity index (χ0) is 12.3. The van der Waals surface area contributed by atoms with Crippen LogP contribution in [-0.2, 0) is 6.42 Å². The van der Waals surface area contributed by atoms with Gasteiger partial charge in [-0.25, -0.2) is 0 Å². The fourth-order valence-corrected chi connectivity index (χ4v) is 1.35. The topological polar surface area (TPSA) is 38.0 Å². The van der Waals surface area contributed by atoms with Crippen LogP contribution in [0.15, 0.2) is 12.3 Å². The van der Waals surface area contributed by atoms with Gasteiger partial charge in [0.15, 0.2) is 0 Å². The van der Waals surface area contributed by atoms with Crippen LogP contribution in [0.25, 0.3) is 0 Å². The Morgan fingerprint density at radius 3 is 2.50 bits per heavy atom. The molecule has 0 saturated heterocycles. The summed E-state index contributed by atoms with van der Waals surface area (Å²) < 4.78 is 37.5. The molecule has 0 fully saturated rings. The van der Waals surface area contributed by atoms with Gasteiger partial charge in [-0.05, 0) is 19.9 Å². The van der Waals surface area contributed by atoms with Gasteiger partial charge in [-0.3, -0.25) is 4.68 Å². The van der Waals surface area contributed by atoms with Crippen LogP contribution in [0.5, 0.6) is 0 Å². The summed E-state index contributed by atoms with van der Waals surface area (Å²) >= 11 is 0. The average Bonchev–Trinajstić information content (AvgIpc) is 2.48. The highest BCUT2D eigenvalue weighted by molar-refractivity contribution is 5.01. The smallest absolute Gasteiger partial charge is 0.391 e.